The molecule has 1 aromatic carbocycles. The maximum absolute atomic E-state index is 12.3. The molecule has 1 amide bonds. The van der Waals surface area contributed by atoms with E-state index in [1.165, 1.54) is 6.42 Å². The number of carbonyl (C=O) groups excluding carboxylic acids is 1. The normalized spacial score (nSPS) is 20.9. The van der Waals surface area contributed by atoms with Gasteiger partial charge in [0.25, 0.3) is 0 Å². The number of nitrogens with zero attached hydrogens (tertiary/aromatic N) is 1. The SMILES string of the molecule is CC1(C)CCC[C@H](C(=O)Nc2ccc(CC#N)cc2)C1. The lowest BCUT2D eigenvalue weighted by molar-refractivity contribution is -0.122. The molecule has 1 aromatic rings. The van der Waals surface area contributed by atoms with Crippen LogP contribution in [0.5, 0.6) is 0 Å². The van der Waals surface area contributed by atoms with Crippen molar-refractivity contribution in [3.63, 3.8) is 0 Å². The Balaban J connectivity index is 1.95. The summed E-state index contributed by atoms with van der Waals surface area (Å²) in [4.78, 5) is 12.3. The van der Waals surface area contributed by atoms with Gasteiger partial charge < -0.3 is 5.32 Å². The maximum atomic E-state index is 12.3. The Morgan fingerprint density at radius 3 is 2.70 bits per heavy atom. The van der Waals surface area contributed by atoms with Gasteiger partial charge in [0.2, 0.25) is 5.91 Å². The van der Waals surface area contributed by atoms with Gasteiger partial charge in [0.05, 0.1) is 12.5 Å². The fraction of sp³-hybridized carbons (Fsp3) is 0.529. The summed E-state index contributed by atoms with van der Waals surface area (Å²) in [7, 11) is 0. The first-order valence-corrected chi connectivity index (χ1v) is 7.27. The molecule has 0 radical (unpaired) electrons. The summed E-state index contributed by atoms with van der Waals surface area (Å²) in [5.74, 6) is 0.253. The number of benzene rings is 1. The van der Waals surface area contributed by atoms with Crippen molar-refractivity contribution in [2.24, 2.45) is 11.3 Å². The molecule has 0 heterocycles. The molecule has 1 saturated carbocycles. The second-order valence-corrected chi connectivity index (χ2v) is 6.48. The van der Waals surface area contributed by atoms with Gasteiger partial charge in [-0.15, -0.1) is 0 Å². The second kappa shape index (κ2) is 6.09. The Morgan fingerprint density at radius 2 is 2.10 bits per heavy atom. The van der Waals surface area contributed by atoms with Crippen molar-refractivity contribution < 1.29 is 4.79 Å². The number of hydrogen-bond acceptors (Lipinski definition) is 2. The number of carbonyl (C=O) groups is 1. The summed E-state index contributed by atoms with van der Waals surface area (Å²) < 4.78 is 0. The highest BCUT2D eigenvalue weighted by atomic mass is 16.1. The highest BCUT2D eigenvalue weighted by Crippen LogP contribution is 2.38. The lowest BCUT2D eigenvalue weighted by Crippen LogP contribution is -2.31. The lowest BCUT2D eigenvalue weighted by Gasteiger charge is -2.34. The minimum Gasteiger partial charge on any atom is -0.326 e. The van der Waals surface area contributed by atoms with Crippen molar-refractivity contribution >= 4 is 11.6 Å². The van der Waals surface area contributed by atoms with Gasteiger partial charge in [-0.1, -0.05) is 32.4 Å². The molecule has 1 atom stereocenters. The third kappa shape index (κ3) is 3.84. The molecule has 0 bridgehead atoms. The molecule has 1 N–H and O–H groups in total. The van der Waals surface area contributed by atoms with Gasteiger partial charge in [-0.05, 0) is 42.4 Å². The summed E-state index contributed by atoms with van der Waals surface area (Å²) >= 11 is 0. The zero-order valence-electron chi connectivity index (χ0n) is 12.3. The highest BCUT2D eigenvalue weighted by molar-refractivity contribution is 5.92. The van der Waals surface area contributed by atoms with Gasteiger partial charge in [-0.25, -0.2) is 0 Å². The van der Waals surface area contributed by atoms with Crippen LogP contribution in [-0.2, 0) is 11.2 Å². The topological polar surface area (TPSA) is 52.9 Å². The zero-order chi connectivity index (χ0) is 14.6. The first kappa shape index (κ1) is 14.6. The molecule has 3 heteroatoms. The molecule has 0 unspecified atom stereocenters. The number of amides is 1. The molecular formula is C17H22N2O. The van der Waals surface area contributed by atoms with E-state index in [0.717, 1.165) is 30.5 Å². The number of nitriles is 1. The zero-order valence-corrected chi connectivity index (χ0v) is 12.3. The van der Waals surface area contributed by atoms with Crippen LogP contribution in [0.3, 0.4) is 0 Å². The van der Waals surface area contributed by atoms with Crippen LogP contribution in [0.1, 0.15) is 45.1 Å². The van der Waals surface area contributed by atoms with Crippen molar-refractivity contribution in [2.75, 3.05) is 5.32 Å². The summed E-state index contributed by atoms with van der Waals surface area (Å²) in [6.07, 6.45) is 4.70. The van der Waals surface area contributed by atoms with E-state index in [1.807, 2.05) is 24.3 Å². The van der Waals surface area contributed by atoms with Crippen molar-refractivity contribution in [1.82, 2.24) is 0 Å². The molecule has 0 aliphatic heterocycles. The smallest absolute Gasteiger partial charge is 0.227 e. The molecule has 0 aromatic heterocycles. The van der Waals surface area contributed by atoms with E-state index in [0.29, 0.717) is 6.42 Å². The third-order valence-electron chi connectivity index (χ3n) is 4.08. The van der Waals surface area contributed by atoms with Crippen LogP contribution in [0, 0.1) is 22.7 Å². The quantitative estimate of drug-likeness (QED) is 0.905. The summed E-state index contributed by atoms with van der Waals surface area (Å²) in [6, 6.07) is 9.65. The molecule has 0 spiro atoms. The van der Waals surface area contributed by atoms with E-state index in [1.54, 1.807) is 0 Å². The van der Waals surface area contributed by atoms with Crippen LogP contribution < -0.4 is 5.32 Å². The van der Waals surface area contributed by atoms with E-state index in [9.17, 15) is 4.79 Å². The Kier molecular flexibility index (Phi) is 4.44. The molecule has 1 aliphatic rings. The Morgan fingerprint density at radius 1 is 1.40 bits per heavy atom. The second-order valence-electron chi connectivity index (χ2n) is 6.48. The minimum atomic E-state index is 0.123. The van der Waals surface area contributed by atoms with Gasteiger partial charge in [0.1, 0.15) is 0 Å². The van der Waals surface area contributed by atoms with Crippen LogP contribution in [0.15, 0.2) is 24.3 Å². The Hall–Kier alpha value is -1.82. The number of rotatable bonds is 3. The first-order valence-electron chi connectivity index (χ1n) is 7.27. The fourth-order valence-corrected chi connectivity index (χ4v) is 2.96. The number of hydrogen-bond donors (Lipinski definition) is 1. The van der Waals surface area contributed by atoms with Crippen LogP contribution in [0.25, 0.3) is 0 Å². The standard InChI is InChI=1S/C17H22N2O/c1-17(2)10-3-4-14(12-17)16(20)19-15-7-5-13(6-8-15)9-11-18/h5-8,14H,3-4,9-10,12H2,1-2H3,(H,19,20)/t14-/m0/s1. The number of nitrogens with one attached hydrogen (secondary N) is 1. The first-order chi connectivity index (χ1) is 9.50. The highest BCUT2D eigenvalue weighted by Gasteiger charge is 2.31. The van der Waals surface area contributed by atoms with Crippen molar-refractivity contribution in [1.29, 1.82) is 5.26 Å². The van der Waals surface area contributed by atoms with Gasteiger partial charge in [0.15, 0.2) is 0 Å². The van der Waals surface area contributed by atoms with E-state index in [-0.39, 0.29) is 17.2 Å². The minimum absolute atomic E-state index is 0.123. The number of anilines is 1. The fourth-order valence-electron chi connectivity index (χ4n) is 2.96. The van der Waals surface area contributed by atoms with Gasteiger partial charge in [-0.2, -0.15) is 5.26 Å². The molecule has 106 valence electrons. The molecular weight excluding hydrogens is 248 g/mol. The van der Waals surface area contributed by atoms with Crippen molar-refractivity contribution in [3.8, 4) is 6.07 Å². The Labute approximate surface area is 121 Å². The van der Waals surface area contributed by atoms with Gasteiger partial charge >= 0.3 is 0 Å². The maximum Gasteiger partial charge on any atom is 0.227 e. The largest absolute Gasteiger partial charge is 0.326 e. The Bertz CT molecular complexity index is 511. The van der Waals surface area contributed by atoms with Crippen LogP contribution in [-0.4, -0.2) is 5.91 Å². The van der Waals surface area contributed by atoms with E-state index in [4.69, 9.17) is 5.26 Å². The molecule has 1 aliphatic carbocycles. The van der Waals surface area contributed by atoms with E-state index >= 15 is 0 Å². The van der Waals surface area contributed by atoms with Gasteiger partial charge in [-0.3, -0.25) is 4.79 Å². The molecule has 0 saturated heterocycles. The monoisotopic (exact) mass is 270 g/mol. The van der Waals surface area contributed by atoms with Gasteiger partial charge in [0, 0.05) is 11.6 Å². The van der Waals surface area contributed by atoms with Crippen LogP contribution >= 0.6 is 0 Å². The van der Waals surface area contributed by atoms with Crippen molar-refractivity contribution in [2.45, 2.75) is 46.0 Å². The summed E-state index contributed by atoms with van der Waals surface area (Å²) in [5, 5.41) is 11.6. The van der Waals surface area contributed by atoms with Crippen molar-refractivity contribution in [3.05, 3.63) is 29.8 Å². The van der Waals surface area contributed by atoms with Crippen LogP contribution in [0.2, 0.25) is 0 Å². The third-order valence-corrected chi connectivity index (χ3v) is 4.08. The average Bonchev–Trinajstić information content (AvgIpc) is 2.40. The molecule has 20 heavy (non-hydrogen) atoms. The molecule has 2 rings (SSSR count). The predicted molar refractivity (Wildman–Crippen MR) is 80.1 cm³/mol. The molecule has 1 fully saturated rings. The van der Waals surface area contributed by atoms with Crippen LogP contribution in [0.4, 0.5) is 5.69 Å². The predicted octanol–water partition coefficient (Wildman–Crippen LogP) is 3.91. The summed E-state index contributed by atoms with van der Waals surface area (Å²) in [5.41, 5.74) is 2.07. The average molecular weight is 270 g/mol. The summed E-state index contributed by atoms with van der Waals surface area (Å²) in [6.45, 7) is 4.48. The molecule has 3 nitrogen and oxygen atoms in total. The van der Waals surface area contributed by atoms with E-state index < -0.39 is 0 Å². The van der Waals surface area contributed by atoms with E-state index in [2.05, 4.69) is 25.2 Å². The lowest BCUT2D eigenvalue weighted by atomic mass is 9.72.